The van der Waals surface area contributed by atoms with Gasteiger partial charge in [0.15, 0.2) is 8.32 Å². The number of hydrogen-bond donors (Lipinski definition) is 0. The van der Waals surface area contributed by atoms with Crippen LogP contribution < -0.4 is 0 Å². The smallest absolute Gasteiger partial charge is 0.186 e. The molecule has 0 aromatic heterocycles. The molecule has 0 spiro atoms. The van der Waals surface area contributed by atoms with Crippen LogP contribution in [0.5, 0.6) is 0 Å². The third-order valence-corrected chi connectivity index (χ3v) is 11.1. The van der Waals surface area contributed by atoms with Gasteiger partial charge in [-0.25, -0.2) is 0 Å². The van der Waals surface area contributed by atoms with Gasteiger partial charge in [0.2, 0.25) is 0 Å². The van der Waals surface area contributed by atoms with Crippen molar-refractivity contribution < 1.29 is 4.43 Å². The van der Waals surface area contributed by atoms with E-state index in [1.807, 2.05) is 0 Å². The van der Waals surface area contributed by atoms with Crippen molar-refractivity contribution in [2.75, 3.05) is 6.61 Å². The second kappa shape index (κ2) is 8.71. The van der Waals surface area contributed by atoms with Gasteiger partial charge in [-0.2, -0.15) is 0 Å². The number of hydrogen-bond acceptors (Lipinski definition) is 1. The zero-order valence-electron chi connectivity index (χ0n) is 19.3. The highest BCUT2D eigenvalue weighted by atomic mass is 28.4. The molecule has 4 atom stereocenters. The Labute approximate surface area is 180 Å². The average Bonchev–Trinajstić information content (AvgIpc) is 3.11. The maximum absolute atomic E-state index is 6.40. The molecule has 3 aliphatic carbocycles. The van der Waals surface area contributed by atoms with Gasteiger partial charge in [0.1, 0.15) is 0 Å². The van der Waals surface area contributed by atoms with Gasteiger partial charge in [-0.15, -0.1) is 0 Å². The van der Waals surface area contributed by atoms with E-state index in [9.17, 15) is 0 Å². The van der Waals surface area contributed by atoms with E-state index in [1.54, 1.807) is 16.7 Å². The minimum atomic E-state index is -1.47. The Morgan fingerprint density at radius 3 is 2.83 bits per heavy atom. The Hall–Kier alpha value is -0.863. The molecule has 2 saturated carbocycles. The summed E-state index contributed by atoms with van der Waals surface area (Å²) in [5.41, 5.74) is 5.45. The summed E-state index contributed by atoms with van der Waals surface area (Å²) in [5.74, 6) is 2.61. The standard InChI is InChI=1S/C27H42OSi/c1-5-6-19-29(3,4)28-18-10-11-21-20-25-24(23-13-8-7-12-22(21)23)15-17-27(2)16-9-14-26(25)27/h7-8,11-13,24-26H,5-6,9-10,14-20H2,1-4H3/t24-,25+,26-,27-/m0/s1. The third-order valence-electron chi connectivity index (χ3n) is 8.51. The zero-order valence-corrected chi connectivity index (χ0v) is 20.3. The molecule has 3 aliphatic rings. The topological polar surface area (TPSA) is 9.23 Å². The van der Waals surface area contributed by atoms with Crippen molar-refractivity contribution in [1.82, 2.24) is 0 Å². The van der Waals surface area contributed by atoms with E-state index >= 15 is 0 Å². The number of benzene rings is 1. The van der Waals surface area contributed by atoms with Crippen LogP contribution in [0.3, 0.4) is 0 Å². The van der Waals surface area contributed by atoms with E-state index in [0.717, 1.165) is 30.8 Å². The fourth-order valence-electron chi connectivity index (χ4n) is 6.86. The van der Waals surface area contributed by atoms with Crippen molar-refractivity contribution >= 4 is 13.9 Å². The lowest BCUT2D eigenvalue weighted by molar-refractivity contribution is 0.0702. The van der Waals surface area contributed by atoms with Crippen molar-refractivity contribution in [3.8, 4) is 0 Å². The summed E-state index contributed by atoms with van der Waals surface area (Å²) in [6, 6.07) is 10.6. The van der Waals surface area contributed by atoms with Crippen molar-refractivity contribution in [2.24, 2.45) is 17.3 Å². The summed E-state index contributed by atoms with van der Waals surface area (Å²) in [5, 5.41) is 0. The van der Waals surface area contributed by atoms with Gasteiger partial charge < -0.3 is 4.43 Å². The second-order valence-electron chi connectivity index (χ2n) is 11.0. The summed E-state index contributed by atoms with van der Waals surface area (Å²) in [7, 11) is -1.47. The molecule has 0 aliphatic heterocycles. The Kier molecular flexibility index (Phi) is 6.42. The zero-order chi connectivity index (χ0) is 20.5. The van der Waals surface area contributed by atoms with Gasteiger partial charge in [0.25, 0.3) is 0 Å². The third kappa shape index (κ3) is 4.44. The molecule has 4 rings (SSSR count). The summed E-state index contributed by atoms with van der Waals surface area (Å²) in [6.45, 7) is 10.6. The highest BCUT2D eigenvalue weighted by Gasteiger charge is 2.50. The van der Waals surface area contributed by atoms with Gasteiger partial charge in [-0.05, 0) is 97.5 Å². The molecule has 0 heterocycles. The van der Waals surface area contributed by atoms with Crippen molar-refractivity contribution in [3.05, 3.63) is 41.5 Å². The first-order valence-electron chi connectivity index (χ1n) is 12.4. The van der Waals surface area contributed by atoms with Crippen molar-refractivity contribution in [3.63, 3.8) is 0 Å². The van der Waals surface area contributed by atoms with Crippen LogP contribution in [0.1, 0.15) is 88.7 Å². The second-order valence-corrected chi connectivity index (χ2v) is 15.3. The monoisotopic (exact) mass is 410 g/mol. The van der Waals surface area contributed by atoms with Crippen LogP contribution in [0.4, 0.5) is 0 Å². The fraction of sp³-hybridized carbons (Fsp3) is 0.704. The molecule has 2 heteroatoms. The molecule has 29 heavy (non-hydrogen) atoms. The molecule has 0 N–H and O–H groups in total. The number of unbranched alkanes of at least 4 members (excludes halogenated alkanes) is 1. The van der Waals surface area contributed by atoms with E-state index in [0.29, 0.717) is 5.41 Å². The van der Waals surface area contributed by atoms with Gasteiger partial charge in [-0.3, -0.25) is 0 Å². The van der Waals surface area contributed by atoms with E-state index in [-0.39, 0.29) is 0 Å². The minimum absolute atomic E-state index is 0.622. The molecule has 0 bridgehead atoms. The first-order valence-corrected chi connectivity index (χ1v) is 15.5. The first-order chi connectivity index (χ1) is 13.9. The van der Waals surface area contributed by atoms with Crippen LogP contribution in [0.15, 0.2) is 30.3 Å². The summed E-state index contributed by atoms with van der Waals surface area (Å²) < 4.78 is 6.40. The summed E-state index contributed by atoms with van der Waals surface area (Å²) >= 11 is 0. The predicted molar refractivity (Wildman–Crippen MR) is 128 cm³/mol. The van der Waals surface area contributed by atoms with Crippen LogP contribution in [0, 0.1) is 17.3 Å². The van der Waals surface area contributed by atoms with Crippen LogP contribution in [-0.4, -0.2) is 14.9 Å². The molecule has 1 nitrogen and oxygen atoms in total. The molecule has 0 amide bonds. The molecular weight excluding hydrogens is 368 g/mol. The van der Waals surface area contributed by atoms with Crippen molar-refractivity contribution in [2.45, 2.75) is 96.7 Å². The van der Waals surface area contributed by atoms with E-state index in [4.69, 9.17) is 4.43 Å². The van der Waals surface area contributed by atoms with Crippen LogP contribution in [-0.2, 0) is 4.43 Å². The lowest BCUT2D eigenvalue weighted by Crippen LogP contribution is -2.39. The van der Waals surface area contributed by atoms with Crippen molar-refractivity contribution in [1.29, 1.82) is 0 Å². The van der Waals surface area contributed by atoms with Crippen LogP contribution in [0.2, 0.25) is 19.1 Å². The Morgan fingerprint density at radius 2 is 2.00 bits per heavy atom. The quantitative estimate of drug-likeness (QED) is 0.325. The Bertz CT molecular complexity index is 736. The molecule has 1 aromatic carbocycles. The van der Waals surface area contributed by atoms with Gasteiger partial charge >= 0.3 is 0 Å². The van der Waals surface area contributed by atoms with E-state index in [1.165, 1.54) is 57.4 Å². The van der Waals surface area contributed by atoms with Crippen LogP contribution >= 0.6 is 0 Å². The maximum Gasteiger partial charge on any atom is 0.186 e. The normalized spacial score (nSPS) is 32.7. The number of rotatable bonds is 7. The molecule has 1 aromatic rings. The number of allylic oxidation sites excluding steroid dienone is 1. The van der Waals surface area contributed by atoms with Gasteiger partial charge in [0.05, 0.1) is 0 Å². The fourth-order valence-corrected chi connectivity index (χ4v) is 8.88. The maximum atomic E-state index is 6.40. The van der Waals surface area contributed by atoms with Gasteiger partial charge in [-0.1, -0.05) is 63.5 Å². The van der Waals surface area contributed by atoms with E-state index in [2.05, 4.69) is 57.3 Å². The average molecular weight is 411 g/mol. The first kappa shape index (κ1) is 21.4. The number of fused-ring (bicyclic) bond motifs is 5. The molecular formula is C27H42OSi. The van der Waals surface area contributed by atoms with E-state index < -0.39 is 8.32 Å². The summed E-state index contributed by atoms with van der Waals surface area (Å²) in [6.07, 6.45) is 14.8. The molecule has 0 unspecified atom stereocenters. The SMILES string of the molecule is CCCC[Si](C)(C)OCCC=C1C[C@@H]2[C@@H](CC[C@]3(C)CCC[C@@H]23)c2ccccc21. The minimum Gasteiger partial charge on any atom is -0.417 e. The molecule has 2 fully saturated rings. The molecule has 0 saturated heterocycles. The Morgan fingerprint density at radius 1 is 1.17 bits per heavy atom. The summed E-state index contributed by atoms with van der Waals surface area (Å²) in [4.78, 5) is 0. The largest absolute Gasteiger partial charge is 0.417 e. The van der Waals surface area contributed by atoms with Gasteiger partial charge in [0, 0.05) is 6.61 Å². The lowest BCUT2D eigenvalue weighted by Gasteiger charge is -2.49. The Balaban J connectivity index is 1.49. The molecule has 0 radical (unpaired) electrons. The predicted octanol–water partition coefficient (Wildman–Crippen LogP) is 8.19. The highest BCUT2D eigenvalue weighted by Crippen LogP contribution is 2.62. The lowest BCUT2D eigenvalue weighted by atomic mass is 9.55. The molecule has 160 valence electrons. The van der Waals surface area contributed by atoms with Crippen LogP contribution in [0.25, 0.3) is 5.57 Å². The highest BCUT2D eigenvalue weighted by molar-refractivity contribution is 6.71.